The van der Waals surface area contributed by atoms with Gasteiger partial charge in [-0.1, -0.05) is 30.3 Å². The Morgan fingerprint density at radius 2 is 1.46 bits per heavy atom. The molecule has 0 bridgehead atoms. The number of aliphatic hydroxyl groups is 1. The molecule has 7 nitrogen and oxygen atoms in total. The van der Waals surface area contributed by atoms with Gasteiger partial charge < -0.3 is 19.0 Å². The van der Waals surface area contributed by atoms with Crippen molar-refractivity contribution in [1.82, 2.24) is 9.80 Å². The van der Waals surface area contributed by atoms with Gasteiger partial charge in [0.25, 0.3) is 0 Å². The molecule has 1 fully saturated rings. The highest BCUT2D eigenvalue weighted by molar-refractivity contribution is 5.90. The summed E-state index contributed by atoms with van der Waals surface area (Å²) >= 11 is 0. The number of β-amino-alcohol motifs (C(OH)–C–C–N with tert-alkyl or cyclic N) is 1. The molecule has 0 spiro atoms. The highest BCUT2D eigenvalue weighted by Crippen LogP contribution is 2.22. The Labute approximate surface area is 228 Å². The maximum absolute atomic E-state index is 12.8. The van der Waals surface area contributed by atoms with Gasteiger partial charge in [-0.3, -0.25) is 14.6 Å². The third-order valence-corrected chi connectivity index (χ3v) is 6.34. The van der Waals surface area contributed by atoms with E-state index in [2.05, 4.69) is 9.80 Å². The molecule has 0 amide bonds. The Morgan fingerprint density at radius 3 is 2.24 bits per heavy atom. The first-order valence-electron chi connectivity index (χ1n) is 12.0. The summed E-state index contributed by atoms with van der Waals surface area (Å²) in [6, 6.07) is 22.3. The van der Waals surface area contributed by atoms with Crippen LogP contribution in [0, 0.1) is 0 Å². The third kappa shape index (κ3) is 7.37. The van der Waals surface area contributed by atoms with Crippen LogP contribution in [0.4, 0.5) is 0 Å². The number of piperazine rings is 1. The minimum absolute atomic E-state index is 0. The zero-order chi connectivity index (χ0) is 24.0. The lowest BCUT2D eigenvalue weighted by atomic mass is 10.1. The number of hydrogen-bond donors (Lipinski definition) is 1. The molecule has 5 rings (SSSR count). The molecule has 1 aliphatic rings. The number of benzene rings is 3. The number of para-hydroxylation sites is 2. The summed E-state index contributed by atoms with van der Waals surface area (Å²) in [6.45, 7) is 5.95. The number of rotatable bonds is 9. The van der Waals surface area contributed by atoms with Crippen LogP contribution in [0.15, 0.2) is 82.0 Å². The minimum atomic E-state index is -0.619. The average Bonchev–Trinajstić information content (AvgIpc) is 2.89. The van der Waals surface area contributed by atoms with Crippen molar-refractivity contribution in [3.8, 4) is 11.5 Å². The molecule has 37 heavy (non-hydrogen) atoms. The Kier molecular flexibility index (Phi) is 10.6. The van der Waals surface area contributed by atoms with Crippen molar-refractivity contribution in [2.75, 3.05) is 52.5 Å². The normalized spacial score (nSPS) is 15.1. The van der Waals surface area contributed by atoms with E-state index < -0.39 is 6.10 Å². The molecule has 198 valence electrons. The lowest BCUT2D eigenvalue weighted by Gasteiger charge is -2.35. The third-order valence-electron chi connectivity index (χ3n) is 6.34. The van der Waals surface area contributed by atoms with E-state index in [1.165, 1.54) is 0 Å². The predicted octanol–water partition coefficient (Wildman–Crippen LogP) is 4.23. The lowest BCUT2D eigenvalue weighted by molar-refractivity contribution is 0.0436. The average molecular weight is 547 g/mol. The number of halogens is 2. The predicted molar refractivity (Wildman–Crippen MR) is 151 cm³/mol. The van der Waals surface area contributed by atoms with Crippen LogP contribution in [0.25, 0.3) is 21.9 Å². The molecule has 0 saturated carbocycles. The summed E-state index contributed by atoms with van der Waals surface area (Å²) < 4.78 is 17.4. The van der Waals surface area contributed by atoms with Crippen LogP contribution in [0.2, 0.25) is 0 Å². The standard InChI is InChI=1S/C28H30N2O5.2ClH/c31-21(19-30-14-12-29(13-15-30)16-17-33-22-6-2-1-3-7-22)20-34-23-10-11-27-25(18-23)28(32)24-8-4-5-9-26(24)35-27;;/h1-11,18,21,31H,12-17,19-20H2;2*1H. The topological polar surface area (TPSA) is 75.4 Å². The molecule has 0 aliphatic carbocycles. The molecule has 3 aromatic carbocycles. The molecule has 0 radical (unpaired) electrons. The van der Waals surface area contributed by atoms with E-state index in [-0.39, 0.29) is 36.8 Å². The first-order chi connectivity index (χ1) is 17.2. The Morgan fingerprint density at radius 1 is 0.784 bits per heavy atom. The molecule has 1 unspecified atom stereocenters. The molecule has 1 atom stereocenters. The van der Waals surface area contributed by atoms with Gasteiger partial charge in [-0.2, -0.15) is 0 Å². The van der Waals surface area contributed by atoms with E-state index in [0.29, 0.717) is 40.8 Å². The quantitative estimate of drug-likeness (QED) is 0.315. The molecular formula is C28H32Cl2N2O5. The van der Waals surface area contributed by atoms with Gasteiger partial charge in [0.2, 0.25) is 5.43 Å². The first kappa shape index (κ1) is 28.8. The second kappa shape index (κ2) is 13.7. The fourth-order valence-electron chi connectivity index (χ4n) is 4.42. The van der Waals surface area contributed by atoms with Crippen molar-refractivity contribution in [3.05, 3.63) is 83.0 Å². The smallest absolute Gasteiger partial charge is 0.200 e. The van der Waals surface area contributed by atoms with Crippen molar-refractivity contribution in [2.24, 2.45) is 0 Å². The van der Waals surface area contributed by atoms with Gasteiger partial charge in [-0.25, -0.2) is 0 Å². The van der Waals surface area contributed by atoms with E-state index in [1.54, 1.807) is 30.3 Å². The maximum Gasteiger partial charge on any atom is 0.200 e. The van der Waals surface area contributed by atoms with Gasteiger partial charge in [0.15, 0.2) is 0 Å². The van der Waals surface area contributed by atoms with E-state index in [9.17, 15) is 9.90 Å². The summed E-state index contributed by atoms with van der Waals surface area (Å²) in [5.74, 6) is 1.44. The molecular weight excluding hydrogens is 515 g/mol. The summed E-state index contributed by atoms with van der Waals surface area (Å²) in [6.07, 6.45) is -0.619. The van der Waals surface area contributed by atoms with E-state index in [0.717, 1.165) is 38.5 Å². The second-order valence-corrected chi connectivity index (χ2v) is 8.85. The Balaban J connectivity index is 0.00000190. The van der Waals surface area contributed by atoms with Gasteiger partial charge in [-0.05, 0) is 42.5 Å². The highest BCUT2D eigenvalue weighted by atomic mass is 35.5. The van der Waals surface area contributed by atoms with Crippen LogP contribution in [0.1, 0.15) is 0 Å². The van der Waals surface area contributed by atoms with E-state index >= 15 is 0 Å². The summed E-state index contributed by atoms with van der Waals surface area (Å²) in [4.78, 5) is 17.5. The van der Waals surface area contributed by atoms with Gasteiger partial charge in [-0.15, -0.1) is 24.8 Å². The van der Waals surface area contributed by atoms with Crippen LogP contribution in [-0.4, -0.2) is 73.5 Å². The van der Waals surface area contributed by atoms with Gasteiger partial charge in [0.1, 0.15) is 42.0 Å². The van der Waals surface area contributed by atoms with Crippen molar-refractivity contribution >= 4 is 46.8 Å². The first-order valence-corrected chi connectivity index (χ1v) is 12.0. The van der Waals surface area contributed by atoms with Crippen molar-refractivity contribution < 1.29 is 19.0 Å². The fraction of sp³-hybridized carbons (Fsp3) is 0.321. The van der Waals surface area contributed by atoms with Gasteiger partial charge in [0, 0.05) is 39.3 Å². The molecule has 1 aliphatic heterocycles. The second-order valence-electron chi connectivity index (χ2n) is 8.85. The van der Waals surface area contributed by atoms with Crippen molar-refractivity contribution in [3.63, 3.8) is 0 Å². The molecule has 1 N–H and O–H groups in total. The summed E-state index contributed by atoms with van der Waals surface area (Å²) in [5, 5.41) is 11.5. The molecule has 1 saturated heterocycles. The Bertz CT molecular complexity index is 1330. The van der Waals surface area contributed by atoms with Crippen molar-refractivity contribution in [2.45, 2.75) is 6.10 Å². The molecule has 4 aromatic rings. The van der Waals surface area contributed by atoms with Crippen LogP contribution in [0.3, 0.4) is 0 Å². The SMILES string of the molecule is Cl.Cl.O=c1c2ccccc2oc2ccc(OCC(O)CN3CCN(CCOc4ccccc4)CC3)cc12. The highest BCUT2D eigenvalue weighted by Gasteiger charge is 2.19. The number of fused-ring (bicyclic) bond motifs is 2. The zero-order valence-electron chi connectivity index (χ0n) is 20.5. The monoisotopic (exact) mass is 546 g/mol. The van der Waals surface area contributed by atoms with Crippen molar-refractivity contribution in [1.29, 1.82) is 0 Å². The summed E-state index contributed by atoms with van der Waals surface area (Å²) in [5.41, 5.74) is 1.01. The molecule has 9 heteroatoms. The Hall–Kier alpha value is -2.81. The van der Waals surface area contributed by atoms with Crippen LogP contribution >= 0.6 is 24.8 Å². The van der Waals surface area contributed by atoms with E-state index in [4.69, 9.17) is 13.9 Å². The number of ether oxygens (including phenoxy) is 2. The van der Waals surface area contributed by atoms with Gasteiger partial charge >= 0.3 is 0 Å². The molecule has 2 heterocycles. The maximum atomic E-state index is 12.8. The summed E-state index contributed by atoms with van der Waals surface area (Å²) in [7, 11) is 0. The van der Waals surface area contributed by atoms with Crippen LogP contribution < -0.4 is 14.9 Å². The fourth-order valence-corrected chi connectivity index (χ4v) is 4.42. The van der Waals surface area contributed by atoms with Crippen LogP contribution in [0.5, 0.6) is 11.5 Å². The largest absolute Gasteiger partial charge is 0.492 e. The number of aliphatic hydroxyl groups excluding tert-OH is 1. The zero-order valence-corrected chi connectivity index (χ0v) is 22.1. The minimum Gasteiger partial charge on any atom is -0.492 e. The van der Waals surface area contributed by atoms with Crippen LogP contribution in [-0.2, 0) is 0 Å². The molecule has 1 aromatic heterocycles. The van der Waals surface area contributed by atoms with E-state index in [1.807, 2.05) is 42.5 Å². The number of nitrogens with zero attached hydrogens (tertiary/aromatic N) is 2. The van der Waals surface area contributed by atoms with Gasteiger partial charge in [0.05, 0.1) is 10.8 Å². The number of hydrogen-bond acceptors (Lipinski definition) is 7. The lowest BCUT2D eigenvalue weighted by Crippen LogP contribution is -2.50.